The molecule has 0 aliphatic heterocycles. The van der Waals surface area contributed by atoms with E-state index in [4.69, 9.17) is 0 Å². The van der Waals surface area contributed by atoms with Crippen molar-refractivity contribution >= 4 is 5.91 Å². The molecule has 0 aliphatic carbocycles. The van der Waals surface area contributed by atoms with Crippen LogP contribution in [0.25, 0.3) is 0 Å². The zero-order valence-corrected chi connectivity index (χ0v) is 12.5. The van der Waals surface area contributed by atoms with Crippen molar-refractivity contribution < 1.29 is 4.79 Å². The summed E-state index contributed by atoms with van der Waals surface area (Å²) in [5.41, 5.74) is 1.54. The predicted octanol–water partition coefficient (Wildman–Crippen LogP) is 2.42. The second-order valence-electron chi connectivity index (χ2n) is 5.41. The summed E-state index contributed by atoms with van der Waals surface area (Å²) in [6.45, 7) is 9.90. The van der Waals surface area contributed by atoms with E-state index < -0.39 is 0 Å². The molecule has 0 saturated carbocycles. The molecule has 1 aromatic rings. The first-order chi connectivity index (χ1) is 8.84. The molecule has 2 N–H and O–H groups in total. The van der Waals surface area contributed by atoms with Gasteiger partial charge in [-0.1, -0.05) is 20.8 Å². The highest BCUT2D eigenvalue weighted by atomic mass is 16.2. The van der Waals surface area contributed by atoms with Crippen molar-refractivity contribution in [2.24, 2.45) is 0 Å². The van der Waals surface area contributed by atoms with E-state index >= 15 is 0 Å². The van der Waals surface area contributed by atoms with Gasteiger partial charge in [0.1, 0.15) is 5.56 Å². The van der Waals surface area contributed by atoms with E-state index in [1.54, 1.807) is 6.07 Å². The van der Waals surface area contributed by atoms with E-state index in [1.165, 1.54) is 0 Å². The summed E-state index contributed by atoms with van der Waals surface area (Å²) in [4.78, 5) is 27.0. The third-order valence-electron chi connectivity index (χ3n) is 3.53. The fraction of sp³-hybridized carbons (Fsp3) is 0.600. The molecule has 0 aromatic carbocycles. The SMILES string of the molecule is CCc1cc(C(=O)NC(C)(C)CC)c(=O)[nH]c1CC. The largest absolute Gasteiger partial charge is 0.347 e. The Morgan fingerprint density at radius 2 is 1.89 bits per heavy atom. The maximum atomic E-state index is 12.2. The summed E-state index contributed by atoms with van der Waals surface area (Å²) in [5, 5.41) is 2.89. The number of H-pyrrole nitrogens is 1. The molecular formula is C15H24N2O2. The third kappa shape index (κ3) is 3.69. The number of aromatic amines is 1. The average molecular weight is 264 g/mol. The Bertz CT molecular complexity index is 515. The Kier molecular flexibility index (Phi) is 4.92. The van der Waals surface area contributed by atoms with Crippen molar-refractivity contribution in [3.05, 3.63) is 33.2 Å². The van der Waals surface area contributed by atoms with E-state index in [-0.39, 0.29) is 22.6 Å². The predicted molar refractivity (Wildman–Crippen MR) is 77.7 cm³/mol. The van der Waals surface area contributed by atoms with Crippen LogP contribution in [0.2, 0.25) is 0 Å². The number of aryl methyl sites for hydroxylation is 2. The molecule has 1 rings (SSSR count). The van der Waals surface area contributed by atoms with Crippen molar-refractivity contribution in [2.45, 2.75) is 59.4 Å². The zero-order valence-electron chi connectivity index (χ0n) is 12.5. The molecule has 4 heteroatoms. The maximum Gasteiger partial charge on any atom is 0.261 e. The first kappa shape index (κ1) is 15.5. The van der Waals surface area contributed by atoms with Gasteiger partial charge in [-0.25, -0.2) is 0 Å². The lowest BCUT2D eigenvalue weighted by Gasteiger charge is -2.24. The van der Waals surface area contributed by atoms with Crippen LogP contribution in [0.4, 0.5) is 0 Å². The van der Waals surface area contributed by atoms with Crippen LogP contribution < -0.4 is 10.9 Å². The number of aromatic nitrogens is 1. The quantitative estimate of drug-likeness (QED) is 0.858. The van der Waals surface area contributed by atoms with E-state index in [1.807, 2.05) is 34.6 Å². The fourth-order valence-electron chi connectivity index (χ4n) is 1.87. The van der Waals surface area contributed by atoms with Crippen LogP contribution in [0.3, 0.4) is 0 Å². The number of amides is 1. The Labute approximate surface area is 114 Å². The maximum absolute atomic E-state index is 12.2. The summed E-state index contributed by atoms with van der Waals surface area (Å²) in [5.74, 6) is -0.301. The number of nitrogens with one attached hydrogen (secondary N) is 2. The molecule has 0 spiro atoms. The standard InChI is InChI=1S/C15H24N2O2/c1-6-10-9-11(13(18)16-12(10)7-2)14(19)17-15(4,5)8-3/h9H,6-8H2,1-5H3,(H,16,18)(H,17,19). The van der Waals surface area contributed by atoms with Crippen LogP contribution in [-0.4, -0.2) is 16.4 Å². The minimum Gasteiger partial charge on any atom is -0.347 e. The summed E-state index contributed by atoms with van der Waals surface area (Å²) in [6.07, 6.45) is 2.38. The lowest BCUT2D eigenvalue weighted by molar-refractivity contribution is 0.0909. The topological polar surface area (TPSA) is 62.0 Å². The first-order valence-electron chi connectivity index (χ1n) is 6.92. The van der Waals surface area contributed by atoms with Crippen LogP contribution in [0, 0.1) is 0 Å². The van der Waals surface area contributed by atoms with Crippen LogP contribution in [0.15, 0.2) is 10.9 Å². The van der Waals surface area contributed by atoms with Gasteiger partial charge < -0.3 is 10.3 Å². The van der Waals surface area contributed by atoms with Gasteiger partial charge >= 0.3 is 0 Å². The fourth-order valence-corrected chi connectivity index (χ4v) is 1.87. The molecule has 1 amide bonds. The van der Waals surface area contributed by atoms with Crippen molar-refractivity contribution in [2.75, 3.05) is 0 Å². The van der Waals surface area contributed by atoms with E-state index in [0.29, 0.717) is 0 Å². The van der Waals surface area contributed by atoms with E-state index in [9.17, 15) is 9.59 Å². The van der Waals surface area contributed by atoms with Gasteiger partial charge in [-0.2, -0.15) is 0 Å². The average Bonchev–Trinajstić information content (AvgIpc) is 2.37. The van der Waals surface area contributed by atoms with Gasteiger partial charge in [0.05, 0.1) is 0 Å². The van der Waals surface area contributed by atoms with Gasteiger partial charge in [-0.15, -0.1) is 0 Å². The molecule has 0 aliphatic rings. The van der Waals surface area contributed by atoms with Crippen LogP contribution in [0.1, 0.15) is 62.7 Å². The highest BCUT2D eigenvalue weighted by Crippen LogP contribution is 2.11. The zero-order chi connectivity index (χ0) is 14.6. The lowest BCUT2D eigenvalue weighted by Crippen LogP contribution is -2.44. The molecule has 0 radical (unpaired) electrons. The van der Waals surface area contributed by atoms with Gasteiger partial charge in [0.25, 0.3) is 11.5 Å². The monoisotopic (exact) mass is 264 g/mol. The molecule has 106 valence electrons. The van der Waals surface area contributed by atoms with Gasteiger partial charge in [0.15, 0.2) is 0 Å². The summed E-state index contributed by atoms with van der Waals surface area (Å²) in [7, 11) is 0. The molecule has 1 aromatic heterocycles. The van der Waals surface area contributed by atoms with Gasteiger partial charge in [-0.3, -0.25) is 9.59 Å². The molecule has 0 unspecified atom stereocenters. The van der Waals surface area contributed by atoms with Gasteiger partial charge in [-0.05, 0) is 44.7 Å². The number of pyridine rings is 1. The smallest absolute Gasteiger partial charge is 0.261 e. The Morgan fingerprint density at radius 1 is 1.26 bits per heavy atom. The van der Waals surface area contributed by atoms with Crippen LogP contribution in [-0.2, 0) is 12.8 Å². The van der Waals surface area contributed by atoms with Gasteiger partial charge in [0.2, 0.25) is 0 Å². The molecule has 19 heavy (non-hydrogen) atoms. The van der Waals surface area contributed by atoms with Crippen molar-refractivity contribution in [1.29, 1.82) is 0 Å². The van der Waals surface area contributed by atoms with Gasteiger partial charge in [0, 0.05) is 11.2 Å². The Balaban J connectivity index is 3.14. The minimum atomic E-state index is -0.307. The number of carbonyl (C=O) groups excluding carboxylic acids is 1. The second kappa shape index (κ2) is 6.04. The first-order valence-corrected chi connectivity index (χ1v) is 6.92. The number of rotatable bonds is 5. The summed E-state index contributed by atoms with van der Waals surface area (Å²) < 4.78 is 0. The highest BCUT2D eigenvalue weighted by molar-refractivity contribution is 5.94. The molecule has 0 fully saturated rings. The minimum absolute atomic E-state index is 0.204. The molecule has 0 bridgehead atoms. The molecule has 1 heterocycles. The normalized spacial score (nSPS) is 11.4. The van der Waals surface area contributed by atoms with Crippen LogP contribution >= 0.6 is 0 Å². The lowest BCUT2D eigenvalue weighted by atomic mass is 10.0. The highest BCUT2D eigenvalue weighted by Gasteiger charge is 2.21. The molecular weight excluding hydrogens is 240 g/mol. The molecule has 0 atom stereocenters. The van der Waals surface area contributed by atoms with E-state index in [0.717, 1.165) is 30.5 Å². The number of hydrogen-bond donors (Lipinski definition) is 2. The van der Waals surface area contributed by atoms with Crippen molar-refractivity contribution in [1.82, 2.24) is 10.3 Å². The number of carbonyl (C=O) groups is 1. The Hall–Kier alpha value is -1.58. The van der Waals surface area contributed by atoms with Crippen molar-refractivity contribution in [3.63, 3.8) is 0 Å². The third-order valence-corrected chi connectivity index (χ3v) is 3.53. The van der Waals surface area contributed by atoms with E-state index in [2.05, 4.69) is 10.3 Å². The summed E-state index contributed by atoms with van der Waals surface area (Å²) in [6, 6.07) is 1.72. The second-order valence-corrected chi connectivity index (χ2v) is 5.41. The van der Waals surface area contributed by atoms with Crippen LogP contribution in [0.5, 0.6) is 0 Å². The molecule has 0 saturated heterocycles. The molecule has 4 nitrogen and oxygen atoms in total. The van der Waals surface area contributed by atoms with Crippen molar-refractivity contribution in [3.8, 4) is 0 Å². The number of hydrogen-bond acceptors (Lipinski definition) is 2. The summed E-state index contributed by atoms with van der Waals surface area (Å²) >= 11 is 0. The Morgan fingerprint density at radius 3 is 2.37 bits per heavy atom.